The Bertz CT molecular complexity index is 1270. The van der Waals surface area contributed by atoms with Crippen LogP contribution < -0.4 is 10.4 Å². The molecule has 1 aliphatic carbocycles. The van der Waals surface area contributed by atoms with Crippen molar-refractivity contribution < 1.29 is 34.4 Å². The quantitative estimate of drug-likeness (QED) is 0.367. The third kappa shape index (κ3) is 4.07. The number of fused-ring (bicyclic) bond motifs is 3. The van der Waals surface area contributed by atoms with Gasteiger partial charge in [-0.05, 0) is 65.4 Å². The lowest BCUT2D eigenvalue weighted by Gasteiger charge is -2.43. The molecule has 2 aromatic rings. The van der Waals surface area contributed by atoms with E-state index in [9.17, 15) is 29.8 Å². The number of hydrogen-bond donors (Lipinski definition) is 4. The predicted molar refractivity (Wildman–Crippen MR) is 135 cm³/mol. The normalized spacial score (nSPS) is 26.0. The number of rotatable bonds is 4. The Morgan fingerprint density at radius 2 is 1.86 bits per heavy atom. The average molecular weight is 510 g/mol. The summed E-state index contributed by atoms with van der Waals surface area (Å²) in [7, 11) is -3.00. The van der Waals surface area contributed by atoms with E-state index in [-0.39, 0.29) is 39.7 Å². The minimum atomic E-state index is -1.73. The van der Waals surface area contributed by atoms with Gasteiger partial charge in [-0.15, -0.1) is 0 Å². The molecule has 36 heavy (non-hydrogen) atoms. The van der Waals surface area contributed by atoms with E-state index in [0.717, 1.165) is 10.5 Å². The molecule has 2 saturated heterocycles. The van der Waals surface area contributed by atoms with Crippen molar-refractivity contribution in [1.82, 2.24) is 0 Å². The maximum atomic E-state index is 13.8. The predicted octanol–water partition coefficient (Wildman–Crippen LogP) is 1.98. The van der Waals surface area contributed by atoms with Gasteiger partial charge >= 0.3 is 14.2 Å². The van der Waals surface area contributed by atoms with Gasteiger partial charge in [0.05, 0.1) is 23.6 Å². The first-order valence-electron chi connectivity index (χ1n) is 12.0. The van der Waals surface area contributed by atoms with Crippen LogP contribution in [0.1, 0.15) is 38.4 Å². The molecule has 0 bridgehead atoms. The highest BCUT2D eigenvalue weighted by atomic mass is 35.5. The molecular weight excluding hydrogens is 483 g/mol. The monoisotopic (exact) mass is 509 g/mol. The summed E-state index contributed by atoms with van der Waals surface area (Å²) in [4.78, 5) is 28.5. The number of benzene rings is 2. The molecule has 0 aromatic heterocycles. The molecule has 4 atom stereocenters. The molecule has 186 valence electrons. The van der Waals surface area contributed by atoms with E-state index in [4.69, 9.17) is 16.3 Å². The van der Waals surface area contributed by atoms with E-state index in [1.807, 2.05) is 13.8 Å². The molecule has 5 rings (SSSR count). The number of phenolic OH excluding ortho intramolecular Hbond substituents is 1. The number of aromatic hydroxyl groups is 1. The van der Waals surface area contributed by atoms with Crippen LogP contribution >= 0.6 is 11.6 Å². The van der Waals surface area contributed by atoms with Crippen molar-refractivity contribution >= 4 is 48.8 Å². The molecule has 0 radical (unpaired) electrons. The Balaban J connectivity index is 1.56. The third-order valence-electron chi connectivity index (χ3n) is 7.60. The van der Waals surface area contributed by atoms with Crippen molar-refractivity contribution in [3.63, 3.8) is 0 Å². The van der Waals surface area contributed by atoms with E-state index >= 15 is 0 Å². The van der Waals surface area contributed by atoms with Gasteiger partial charge in [0.25, 0.3) is 0 Å². The van der Waals surface area contributed by atoms with Crippen LogP contribution in [0.4, 0.5) is 5.69 Å². The molecule has 3 aliphatic rings. The van der Waals surface area contributed by atoms with Crippen molar-refractivity contribution in [1.29, 1.82) is 0 Å². The fraction of sp³-hybridized carbons (Fsp3) is 0.360. The lowest BCUT2D eigenvalue weighted by molar-refractivity contribution is -0.123. The average Bonchev–Trinajstić information content (AvgIpc) is 3.08. The zero-order valence-electron chi connectivity index (χ0n) is 19.8. The number of anilines is 1. The fourth-order valence-electron chi connectivity index (χ4n) is 5.96. The highest BCUT2D eigenvalue weighted by molar-refractivity contribution is 6.58. The van der Waals surface area contributed by atoms with E-state index in [2.05, 4.69) is 0 Å². The Morgan fingerprint density at radius 1 is 1.11 bits per heavy atom. The van der Waals surface area contributed by atoms with Crippen LogP contribution in [0.2, 0.25) is 5.02 Å². The Kier molecular flexibility index (Phi) is 6.51. The topological polar surface area (TPSA) is 128 Å². The summed E-state index contributed by atoms with van der Waals surface area (Å²) in [6, 6.07) is 10.6. The minimum Gasteiger partial charge on any atom is -0.508 e. The Morgan fingerprint density at radius 3 is 2.53 bits per heavy atom. The van der Waals surface area contributed by atoms with E-state index in [1.165, 1.54) is 24.3 Å². The zero-order valence-corrected chi connectivity index (χ0v) is 20.6. The molecule has 2 aromatic carbocycles. The van der Waals surface area contributed by atoms with Crippen molar-refractivity contribution in [2.24, 2.45) is 23.7 Å². The number of phenols is 1. The van der Waals surface area contributed by atoms with Crippen molar-refractivity contribution in [2.75, 3.05) is 4.90 Å². The molecule has 2 amide bonds. The second kappa shape index (κ2) is 9.36. The third-order valence-corrected chi connectivity index (χ3v) is 7.93. The van der Waals surface area contributed by atoms with E-state index in [1.54, 1.807) is 18.2 Å². The Labute approximate surface area is 214 Å². The summed E-state index contributed by atoms with van der Waals surface area (Å²) in [6.07, 6.45) is 0.0258. The highest BCUT2D eigenvalue weighted by Gasteiger charge is 2.58. The zero-order chi connectivity index (χ0) is 25.9. The van der Waals surface area contributed by atoms with Crippen LogP contribution in [0.15, 0.2) is 53.5 Å². The first-order chi connectivity index (χ1) is 17.1. The van der Waals surface area contributed by atoms with Gasteiger partial charge in [-0.1, -0.05) is 49.2 Å². The van der Waals surface area contributed by atoms with Gasteiger partial charge in [-0.2, -0.15) is 0 Å². The second-order valence-electron chi connectivity index (χ2n) is 9.98. The molecule has 11 heteroatoms. The van der Waals surface area contributed by atoms with Crippen LogP contribution in [-0.2, 0) is 14.2 Å². The van der Waals surface area contributed by atoms with Gasteiger partial charge < -0.3 is 24.8 Å². The minimum absolute atomic E-state index is 0.00274. The summed E-state index contributed by atoms with van der Waals surface area (Å²) >= 11 is 6.37. The first kappa shape index (κ1) is 25.0. The number of carbonyl (C=O) groups is 2. The number of imide groups is 1. The molecule has 2 heterocycles. The number of hydrogen-bond acceptors (Lipinski definition) is 7. The number of amides is 2. The lowest BCUT2D eigenvalue weighted by atomic mass is 9.54. The largest absolute Gasteiger partial charge is 0.508 e. The molecule has 4 N–H and O–H groups in total. The first-order valence-corrected chi connectivity index (χ1v) is 12.3. The summed E-state index contributed by atoms with van der Waals surface area (Å²) in [5.74, 6) is -2.45. The second-order valence-corrected chi connectivity index (χ2v) is 10.4. The lowest BCUT2D eigenvalue weighted by Crippen LogP contribution is -2.45. The molecule has 0 spiro atoms. The van der Waals surface area contributed by atoms with Crippen molar-refractivity contribution in [2.45, 2.75) is 32.8 Å². The fourth-order valence-corrected chi connectivity index (χ4v) is 6.25. The molecule has 0 saturated carbocycles. The number of allylic oxidation sites excluding steroid dienone is 2. The van der Waals surface area contributed by atoms with Gasteiger partial charge in [0.2, 0.25) is 11.8 Å². The van der Waals surface area contributed by atoms with Gasteiger partial charge in [0.1, 0.15) is 5.75 Å². The van der Waals surface area contributed by atoms with E-state index < -0.39 is 38.1 Å². The maximum Gasteiger partial charge on any atom is 0.488 e. The number of nitrogens with zero attached hydrogens (tertiary/aromatic N) is 1. The summed E-state index contributed by atoms with van der Waals surface area (Å²) < 4.78 is 5.97. The van der Waals surface area contributed by atoms with Crippen LogP contribution in [0, 0.1) is 23.7 Å². The summed E-state index contributed by atoms with van der Waals surface area (Å²) in [5.41, 5.74) is 2.60. The van der Waals surface area contributed by atoms with Crippen LogP contribution in [0.25, 0.3) is 0 Å². The smallest absolute Gasteiger partial charge is 0.488 e. The highest BCUT2D eigenvalue weighted by Crippen LogP contribution is 2.53. The molecule has 2 aliphatic heterocycles. The molecular formula is C25H26B2ClNO7. The molecule has 8 nitrogen and oxygen atoms in total. The number of halogens is 1. The maximum absolute atomic E-state index is 13.8. The summed E-state index contributed by atoms with van der Waals surface area (Å²) in [5, 5.41) is 40.3. The molecule has 2 fully saturated rings. The van der Waals surface area contributed by atoms with Crippen molar-refractivity contribution in [3.05, 3.63) is 64.1 Å². The van der Waals surface area contributed by atoms with Crippen LogP contribution in [-0.4, -0.2) is 46.2 Å². The van der Waals surface area contributed by atoms with Crippen LogP contribution in [0.5, 0.6) is 5.75 Å². The van der Waals surface area contributed by atoms with E-state index in [0.29, 0.717) is 23.9 Å². The van der Waals surface area contributed by atoms with Gasteiger partial charge in [-0.25, -0.2) is 0 Å². The summed E-state index contributed by atoms with van der Waals surface area (Å²) in [6.45, 7) is 3.97. The SMILES string of the molecule is CC(C)C1=C2B(O)O[C@H](c3ccc(O)cc3Cl)C[C@H]2[C@H]2C(=O)N(c3cccc(B(O)O)c3)C(=O)[C@H]2C1. The van der Waals surface area contributed by atoms with Gasteiger partial charge in [0, 0.05) is 5.02 Å². The molecule has 0 unspecified atom stereocenters. The van der Waals surface area contributed by atoms with Gasteiger partial charge in [-0.3, -0.25) is 14.5 Å². The van der Waals surface area contributed by atoms with Crippen LogP contribution in [0.3, 0.4) is 0 Å². The standard InChI is InChI=1S/C25H26B2ClNO7/c1-12(2)17-10-19-22(25(32)29(24(19)31)14-5-3-4-13(8-14)26(33)34)18-11-21(36-27(35)23(17)18)16-7-6-15(30)9-20(16)28/h3-9,12,18-19,21-22,30,33-35H,10-11H2,1-2H3/t18-,19-,21-,22+/m0/s1. The van der Waals surface area contributed by atoms with Gasteiger partial charge in [0.15, 0.2) is 0 Å². The number of carbonyl (C=O) groups excluding carboxylic acids is 2. The Hall–Kier alpha value is -2.62. The van der Waals surface area contributed by atoms with Crippen molar-refractivity contribution in [3.8, 4) is 5.75 Å².